The van der Waals surface area contributed by atoms with E-state index in [1.54, 1.807) is 18.2 Å². The smallest absolute Gasteiger partial charge is 0.275 e. The highest BCUT2D eigenvalue weighted by atomic mass is 35.5. The van der Waals surface area contributed by atoms with Crippen LogP contribution in [0.4, 0.5) is 11.5 Å². The van der Waals surface area contributed by atoms with Crippen LogP contribution in [0.15, 0.2) is 30.3 Å². The second-order valence-corrected chi connectivity index (χ2v) is 4.66. The highest BCUT2D eigenvalue weighted by molar-refractivity contribution is 6.31. The Morgan fingerprint density at radius 2 is 2.14 bits per heavy atom. The molecule has 0 fully saturated rings. The van der Waals surface area contributed by atoms with Crippen molar-refractivity contribution in [3.8, 4) is 17.0 Å². The molecule has 0 amide bonds. The van der Waals surface area contributed by atoms with Crippen molar-refractivity contribution < 1.29 is 9.66 Å². The fourth-order valence-electron chi connectivity index (χ4n) is 1.91. The first kappa shape index (κ1) is 15.1. The molecule has 7 heteroatoms. The maximum Gasteiger partial charge on any atom is 0.275 e. The van der Waals surface area contributed by atoms with Crippen molar-refractivity contribution in [3.63, 3.8) is 0 Å². The molecule has 110 valence electrons. The Balaban J connectivity index is 2.62. The summed E-state index contributed by atoms with van der Waals surface area (Å²) in [5.74, 6) is 0.985. The second-order valence-electron chi connectivity index (χ2n) is 4.23. The summed E-state index contributed by atoms with van der Waals surface area (Å²) in [5.41, 5.74) is 0.991. The van der Waals surface area contributed by atoms with E-state index in [2.05, 4.69) is 10.3 Å². The molecular weight excluding hydrogens is 294 g/mol. The zero-order chi connectivity index (χ0) is 15.4. The molecule has 0 aliphatic carbocycles. The highest BCUT2D eigenvalue weighted by Gasteiger charge is 2.15. The first-order valence-electron chi connectivity index (χ1n) is 6.29. The Bertz CT molecular complexity index is 677. The van der Waals surface area contributed by atoms with E-state index < -0.39 is 4.92 Å². The minimum Gasteiger partial charge on any atom is -0.496 e. The molecule has 0 aliphatic rings. The molecule has 0 radical (unpaired) electrons. The fraction of sp³-hybridized carbons (Fsp3) is 0.214. The van der Waals surface area contributed by atoms with Crippen LogP contribution in [0.25, 0.3) is 11.3 Å². The minimum absolute atomic E-state index is 0.0435. The Morgan fingerprint density at radius 1 is 1.38 bits per heavy atom. The van der Waals surface area contributed by atoms with Crippen LogP contribution >= 0.6 is 11.6 Å². The van der Waals surface area contributed by atoms with Crippen LogP contribution in [-0.2, 0) is 0 Å². The van der Waals surface area contributed by atoms with Gasteiger partial charge in [0, 0.05) is 23.2 Å². The van der Waals surface area contributed by atoms with Crippen LogP contribution < -0.4 is 10.1 Å². The number of halogens is 1. The summed E-state index contributed by atoms with van der Waals surface area (Å²) in [7, 11) is 1.52. The summed E-state index contributed by atoms with van der Waals surface area (Å²) in [6.45, 7) is 2.50. The van der Waals surface area contributed by atoms with E-state index in [9.17, 15) is 10.1 Å². The van der Waals surface area contributed by atoms with Gasteiger partial charge in [0.2, 0.25) is 0 Å². The first-order chi connectivity index (χ1) is 10.0. The number of nitrogens with zero attached hydrogens (tertiary/aromatic N) is 2. The van der Waals surface area contributed by atoms with Crippen LogP contribution in [-0.4, -0.2) is 23.6 Å². The predicted molar refractivity (Wildman–Crippen MR) is 82.1 cm³/mol. The normalized spacial score (nSPS) is 10.2. The van der Waals surface area contributed by atoms with Crippen molar-refractivity contribution >= 4 is 23.1 Å². The number of nitrogens with one attached hydrogen (secondary N) is 1. The zero-order valence-electron chi connectivity index (χ0n) is 11.6. The summed E-state index contributed by atoms with van der Waals surface area (Å²) in [6.07, 6.45) is 0. The SMILES string of the molecule is CCNc1cc([N+](=O)[O-])cc(-c2cc(Cl)ccc2OC)n1. The van der Waals surface area contributed by atoms with E-state index in [0.29, 0.717) is 34.4 Å². The molecule has 1 aromatic heterocycles. The predicted octanol–water partition coefficient (Wildman–Crippen LogP) is 3.75. The Kier molecular flexibility index (Phi) is 4.59. The minimum atomic E-state index is -0.455. The van der Waals surface area contributed by atoms with Gasteiger partial charge in [-0.15, -0.1) is 0 Å². The van der Waals surface area contributed by atoms with Crippen LogP contribution in [0, 0.1) is 10.1 Å². The molecule has 6 nitrogen and oxygen atoms in total. The molecule has 0 saturated heterocycles. The van der Waals surface area contributed by atoms with Gasteiger partial charge in [-0.25, -0.2) is 4.98 Å². The lowest BCUT2D eigenvalue weighted by Gasteiger charge is -2.10. The van der Waals surface area contributed by atoms with E-state index in [-0.39, 0.29) is 5.69 Å². The van der Waals surface area contributed by atoms with E-state index in [4.69, 9.17) is 16.3 Å². The van der Waals surface area contributed by atoms with Gasteiger partial charge in [-0.1, -0.05) is 11.6 Å². The maximum atomic E-state index is 11.1. The van der Waals surface area contributed by atoms with E-state index >= 15 is 0 Å². The average Bonchev–Trinajstić information content (AvgIpc) is 2.47. The number of nitro groups is 1. The van der Waals surface area contributed by atoms with Crippen LogP contribution in [0.2, 0.25) is 5.02 Å². The summed E-state index contributed by atoms with van der Waals surface area (Å²) in [5, 5.41) is 14.5. The van der Waals surface area contributed by atoms with Crippen molar-refractivity contribution in [1.29, 1.82) is 0 Å². The molecule has 0 spiro atoms. The van der Waals surface area contributed by atoms with Crippen LogP contribution in [0.1, 0.15) is 6.92 Å². The third-order valence-corrected chi connectivity index (χ3v) is 3.05. The van der Waals surface area contributed by atoms with Crippen molar-refractivity contribution in [3.05, 3.63) is 45.5 Å². The van der Waals surface area contributed by atoms with Gasteiger partial charge in [-0.2, -0.15) is 0 Å². The zero-order valence-corrected chi connectivity index (χ0v) is 12.3. The highest BCUT2D eigenvalue weighted by Crippen LogP contribution is 2.34. The van der Waals surface area contributed by atoms with Gasteiger partial charge in [0.15, 0.2) is 0 Å². The van der Waals surface area contributed by atoms with E-state index in [1.807, 2.05) is 6.92 Å². The average molecular weight is 308 g/mol. The summed E-state index contributed by atoms with van der Waals surface area (Å²) < 4.78 is 5.27. The number of pyridine rings is 1. The summed E-state index contributed by atoms with van der Waals surface area (Å²) in [6, 6.07) is 7.85. The van der Waals surface area contributed by atoms with E-state index in [0.717, 1.165) is 0 Å². The molecule has 1 aromatic carbocycles. The topological polar surface area (TPSA) is 77.3 Å². The van der Waals surface area contributed by atoms with Gasteiger partial charge in [0.05, 0.1) is 23.8 Å². The number of rotatable bonds is 5. The molecule has 0 bridgehead atoms. The van der Waals surface area contributed by atoms with Crippen LogP contribution in [0.3, 0.4) is 0 Å². The Labute approximate surface area is 126 Å². The van der Waals surface area contributed by atoms with Gasteiger partial charge in [0.25, 0.3) is 5.69 Å². The van der Waals surface area contributed by atoms with Crippen LogP contribution in [0.5, 0.6) is 5.75 Å². The molecule has 1 N–H and O–H groups in total. The number of hydrogen-bond donors (Lipinski definition) is 1. The molecule has 21 heavy (non-hydrogen) atoms. The number of ether oxygens (including phenoxy) is 1. The largest absolute Gasteiger partial charge is 0.496 e. The number of hydrogen-bond acceptors (Lipinski definition) is 5. The quantitative estimate of drug-likeness (QED) is 0.672. The maximum absolute atomic E-state index is 11.1. The number of methoxy groups -OCH3 is 1. The van der Waals surface area contributed by atoms with Crippen molar-refractivity contribution in [1.82, 2.24) is 4.98 Å². The van der Waals surface area contributed by atoms with Gasteiger partial charge in [-0.3, -0.25) is 10.1 Å². The molecule has 1 heterocycles. The molecule has 0 aliphatic heterocycles. The fourth-order valence-corrected chi connectivity index (χ4v) is 2.08. The van der Waals surface area contributed by atoms with E-state index in [1.165, 1.54) is 19.2 Å². The van der Waals surface area contributed by atoms with Crippen molar-refractivity contribution in [2.75, 3.05) is 19.0 Å². The third kappa shape index (κ3) is 3.41. The molecular formula is C14H14ClN3O3. The summed E-state index contributed by atoms with van der Waals surface area (Å²) in [4.78, 5) is 15.0. The molecule has 0 atom stereocenters. The number of aromatic nitrogens is 1. The van der Waals surface area contributed by atoms with Gasteiger partial charge in [0.1, 0.15) is 11.6 Å². The Hall–Kier alpha value is -2.34. The lowest BCUT2D eigenvalue weighted by molar-refractivity contribution is -0.384. The standard InChI is InChI=1S/C14H14ClN3O3/c1-3-16-14-8-10(18(19)20)7-12(17-14)11-6-9(15)4-5-13(11)21-2/h4-8H,3H2,1-2H3,(H,16,17). The monoisotopic (exact) mass is 307 g/mol. The molecule has 0 saturated carbocycles. The lowest BCUT2D eigenvalue weighted by Crippen LogP contribution is -2.02. The second kappa shape index (κ2) is 6.41. The molecule has 2 rings (SSSR count). The van der Waals surface area contributed by atoms with Crippen molar-refractivity contribution in [2.24, 2.45) is 0 Å². The Morgan fingerprint density at radius 3 is 2.76 bits per heavy atom. The number of anilines is 1. The number of benzene rings is 1. The van der Waals surface area contributed by atoms with Gasteiger partial charge >= 0.3 is 0 Å². The van der Waals surface area contributed by atoms with Gasteiger partial charge < -0.3 is 10.1 Å². The van der Waals surface area contributed by atoms with Crippen molar-refractivity contribution in [2.45, 2.75) is 6.92 Å². The molecule has 0 unspecified atom stereocenters. The summed E-state index contributed by atoms with van der Waals surface area (Å²) >= 11 is 5.99. The lowest BCUT2D eigenvalue weighted by atomic mass is 10.1. The molecule has 2 aromatic rings. The van der Waals surface area contributed by atoms with Gasteiger partial charge in [-0.05, 0) is 25.1 Å². The third-order valence-electron chi connectivity index (χ3n) is 2.82. The first-order valence-corrected chi connectivity index (χ1v) is 6.67.